The quantitative estimate of drug-likeness (QED) is 0.198. The number of alkyl halides is 2. The highest BCUT2D eigenvalue weighted by atomic mass is 19.3. The third-order valence-electron chi connectivity index (χ3n) is 5.06. The number of amidine groups is 1. The van der Waals surface area contributed by atoms with Gasteiger partial charge in [-0.25, -0.2) is 18.0 Å². The molecule has 1 aromatic rings. The van der Waals surface area contributed by atoms with Gasteiger partial charge in [0.1, 0.15) is 5.82 Å². The summed E-state index contributed by atoms with van der Waals surface area (Å²) in [6.07, 6.45) is -0.600. The van der Waals surface area contributed by atoms with Crippen LogP contribution in [-0.2, 0) is 16.0 Å². The van der Waals surface area contributed by atoms with E-state index in [0.717, 1.165) is 4.90 Å². The average Bonchev–Trinajstić information content (AvgIpc) is 2.69. The molecule has 1 saturated heterocycles. The highest BCUT2D eigenvalue weighted by Crippen LogP contribution is 2.25. The van der Waals surface area contributed by atoms with Gasteiger partial charge in [-0.2, -0.15) is 8.78 Å². The molecule has 0 aliphatic carbocycles. The lowest BCUT2D eigenvalue weighted by atomic mass is 10.0. The lowest BCUT2D eigenvalue weighted by Gasteiger charge is -2.40. The van der Waals surface area contributed by atoms with E-state index in [9.17, 15) is 36.6 Å². The van der Waals surface area contributed by atoms with E-state index in [2.05, 4.69) is 0 Å². The molecule has 32 heavy (non-hydrogen) atoms. The fourth-order valence-corrected chi connectivity index (χ4v) is 3.27. The number of carboxylic acids is 1. The SMILES string of the molecule is C/C(C(=O)O)=C1/CN(C(=O)C[C@H](N)Cc2cc(F)c(F)cc2F)CCN1C(=N)C(C)(F)F. The number of hydrogen-bond donors (Lipinski definition) is 3. The third kappa shape index (κ3) is 5.81. The van der Waals surface area contributed by atoms with Crippen LogP contribution in [0.1, 0.15) is 25.8 Å². The predicted molar refractivity (Wildman–Crippen MR) is 105 cm³/mol. The van der Waals surface area contributed by atoms with E-state index in [1.165, 1.54) is 11.8 Å². The van der Waals surface area contributed by atoms with E-state index in [1.54, 1.807) is 0 Å². The maximum Gasteiger partial charge on any atom is 0.333 e. The van der Waals surface area contributed by atoms with Crippen molar-refractivity contribution in [2.75, 3.05) is 19.6 Å². The highest BCUT2D eigenvalue weighted by molar-refractivity contribution is 5.92. The fourth-order valence-electron chi connectivity index (χ4n) is 3.27. The molecule has 1 aliphatic heterocycles. The summed E-state index contributed by atoms with van der Waals surface area (Å²) in [5, 5.41) is 17.0. The van der Waals surface area contributed by atoms with E-state index in [-0.39, 0.29) is 49.3 Å². The Balaban J connectivity index is 2.14. The Labute approximate surface area is 180 Å². The Morgan fingerprint density at radius 1 is 1.19 bits per heavy atom. The number of nitrogens with two attached hydrogens (primary N) is 1. The number of carboxylic acid groups (broad SMARTS) is 1. The molecule has 1 aromatic carbocycles. The molecule has 12 heteroatoms. The Bertz CT molecular complexity index is 961. The summed E-state index contributed by atoms with van der Waals surface area (Å²) >= 11 is 0. The molecule has 1 heterocycles. The average molecular weight is 462 g/mol. The normalized spacial score (nSPS) is 17.2. The number of aliphatic carboxylic acids is 1. The summed E-state index contributed by atoms with van der Waals surface area (Å²) in [6, 6.07) is 0.0652. The third-order valence-corrected chi connectivity index (χ3v) is 5.06. The van der Waals surface area contributed by atoms with Crippen LogP contribution in [0.15, 0.2) is 23.4 Å². The smallest absolute Gasteiger partial charge is 0.333 e. The number of rotatable bonds is 6. The number of benzene rings is 1. The zero-order valence-corrected chi connectivity index (χ0v) is 17.4. The van der Waals surface area contributed by atoms with Crippen molar-refractivity contribution >= 4 is 17.7 Å². The summed E-state index contributed by atoms with van der Waals surface area (Å²) in [5.41, 5.74) is 5.22. The molecule has 7 nitrogen and oxygen atoms in total. The molecule has 1 fully saturated rings. The monoisotopic (exact) mass is 462 g/mol. The van der Waals surface area contributed by atoms with Crippen molar-refractivity contribution in [3.8, 4) is 0 Å². The number of nitrogens with zero attached hydrogens (tertiary/aromatic N) is 2. The van der Waals surface area contributed by atoms with E-state index >= 15 is 0 Å². The molecule has 0 spiro atoms. The molecule has 0 aromatic heterocycles. The highest BCUT2D eigenvalue weighted by Gasteiger charge is 2.38. The number of halogens is 5. The lowest BCUT2D eigenvalue weighted by molar-refractivity contribution is -0.134. The van der Waals surface area contributed by atoms with Gasteiger partial charge in [0, 0.05) is 44.2 Å². The Kier molecular flexibility index (Phi) is 7.60. The van der Waals surface area contributed by atoms with Crippen molar-refractivity contribution in [3.05, 3.63) is 46.4 Å². The zero-order valence-electron chi connectivity index (χ0n) is 17.4. The van der Waals surface area contributed by atoms with Gasteiger partial charge in [-0.15, -0.1) is 0 Å². The van der Waals surface area contributed by atoms with Crippen molar-refractivity contribution in [1.82, 2.24) is 9.80 Å². The first-order chi connectivity index (χ1) is 14.7. The lowest BCUT2D eigenvalue weighted by Crippen LogP contribution is -2.53. The van der Waals surface area contributed by atoms with Gasteiger partial charge in [0.15, 0.2) is 17.5 Å². The van der Waals surface area contributed by atoms with E-state index in [4.69, 9.17) is 11.1 Å². The zero-order chi connectivity index (χ0) is 24.4. The van der Waals surface area contributed by atoms with Crippen LogP contribution in [0.4, 0.5) is 22.0 Å². The molecule has 0 bridgehead atoms. The summed E-state index contributed by atoms with van der Waals surface area (Å²) in [5.74, 6) is -10.2. The Morgan fingerprint density at radius 3 is 2.34 bits per heavy atom. The van der Waals surface area contributed by atoms with E-state index in [0.29, 0.717) is 19.1 Å². The maximum atomic E-state index is 13.8. The largest absolute Gasteiger partial charge is 0.478 e. The summed E-state index contributed by atoms with van der Waals surface area (Å²) in [7, 11) is 0. The number of piperazine rings is 1. The maximum absolute atomic E-state index is 13.8. The number of nitrogens with one attached hydrogen (secondary N) is 1. The second-order valence-corrected chi connectivity index (χ2v) is 7.61. The summed E-state index contributed by atoms with van der Waals surface area (Å²) in [6.45, 7) is 1.02. The fraction of sp³-hybridized carbons (Fsp3) is 0.450. The topological polar surface area (TPSA) is 111 Å². The minimum atomic E-state index is -3.52. The van der Waals surface area contributed by atoms with Crippen LogP contribution in [0.2, 0.25) is 0 Å². The molecule has 0 unspecified atom stereocenters. The van der Waals surface area contributed by atoms with Crippen molar-refractivity contribution in [1.29, 1.82) is 5.41 Å². The molecule has 1 aliphatic rings. The molecule has 0 radical (unpaired) electrons. The van der Waals surface area contributed by atoms with E-state index < -0.39 is 47.1 Å². The number of carbonyl (C=O) groups is 2. The molecule has 1 amide bonds. The second kappa shape index (κ2) is 9.63. The molecule has 1 atom stereocenters. The second-order valence-electron chi connectivity index (χ2n) is 7.61. The van der Waals surface area contributed by atoms with Crippen LogP contribution in [0.3, 0.4) is 0 Å². The van der Waals surface area contributed by atoms with Gasteiger partial charge in [-0.1, -0.05) is 0 Å². The molecular weight excluding hydrogens is 439 g/mol. The van der Waals surface area contributed by atoms with Gasteiger partial charge in [0.2, 0.25) is 5.91 Å². The van der Waals surface area contributed by atoms with Crippen LogP contribution in [0.25, 0.3) is 0 Å². The van der Waals surface area contributed by atoms with Crippen molar-refractivity contribution in [2.45, 2.75) is 38.7 Å². The van der Waals surface area contributed by atoms with Crippen LogP contribution in [-0.4, -0.2) is 64.2 Å². The minimum absolute atomic E-state index is 0.0834. The number of hydrogen-bond acceptors (Lipinski definition) is 4. The van der Waals surface area contributed by atoms with Gasteiger partial charge < -0.3 is 20.6 Å². The summed E-state index contributed by atoms with van der Waals surface area (Å²) < 4.78 is 67.5. The van der Waals surface area contributed by atoms with Gasteiger partial charge in [0.25, 0.3) is 0 Å². The first kappa shape index (κ1) is 25.2. The van der Waals surface area contributed by atoms with Crippen LogP contribution in [0.5, 0.6) is 0 Å². The predicted octanol–water partition coefficient (Wildman–Crippen LogP) is 2.50. The van der Waals surface area contributed by atoms with Crippen LogP contribution >= 0.6 is 0 Å². The molecular formula is C20H23F5N4O3. The van der Waals surface area contributed by atoms with Gasteiger partial charge in [0.05, 0.1) is 12.1 Å². The van der Waals surface area contributed by atoms with Crippen molar-refractivity contribution < 1.29 is 36.6 Å². The first-order valence-electron chi connectivity index (χ1n) is 9.56. The Morgan fingerprint density at radius 2 is 1.78 bits per heavy atom. The molecule has 0 saturated carbocycles. The summed E-state index contributed by atoms with van der Waals surface area (Å²) in [4.78, 5) is 26.1. The van der Waals surface area contributed by atoms with Gasteiger partial charge >= 0.3 is 11.9 Å². The number of amides is 1. The van der Waals surface area contributed by atoms with Gasteiger partial charge in [-0.05, 0) is 25.0 Å². The first-order valence-corrected chi connectivity index (χ1v) is 9.56. The van der Waals surface area contributed by atoms with Gasteiger partial charge in [-0.3, -0.25) is 10.2 Å². The molecule has 4 N–H and O–H groups in total. The van der Waals surface area contributed by atoms with Crippen LogP contribution < -0.4 is 5.73 Å². The minimum Gasteiger partial charge on any atom is -0.478 e. The molecule has 176 valence electrons. The van der Waals surface area contributed by atoms with Crippen molar-refractivity contribution in [3.63, 3.8) is 0 Å². The van der Waals surface area contributed by atoms with Crippen molar-refractivity contribution in [2.24, 2.45) is 5.73 Å². The van der Waals surface area contributed by atoms with Crippen LogP contribution in [0, 0.1) is 22.9 Å². The molecule has 2 rings (SSSR count). The standard InChI is InChI=1S/C20H23F5N4O3/c1-10(18(31)32)16-9-28(3-4-29(16)19(27)20(2,24)25)17(30)7-12(26)5-11-6-14(22)15(23)8-13(11)21/h6,8,12,27H,3-5,7,9,26H2,1-2H3,(H,31,32)/b16-10+,27-19?/t12-/m1/s1. The number of carbonyl (C=O) groups excluding carboxylic acids is 1. The Hall–Kier alpha value is -3.02. The van der Waals surface area contributed by atoms with E-state index in [1.807, 2.05) is 0 Å².